The average molecular weight is 333 g/mol. The summed E-state index contributed by atoms with van der Waals surface area (Å²) < 4.78 is 49.4. The SMILES string of the molecule is CCCNc1ccc(S(=O)(=O)NC2CCS(=O)(=O)C2)cn1. The zero-order valence-corrected chi connectivity index (χ0v) is 13.4. The van der Waals surface area contributed by atoms with Crippen LogP contribution in [-0.4, -0.2) is 45.9 Å². The van der Waals surface area contributed by atoms with Gasteiger partial charge in [0.05, 0.1) is 11.5 Å². The first-order chi connectivity index (χ1) is 9.82. The largest absolute Gasteiger partial charge is 0.370 e. The molecule has 118 valence electrons. The Morgan fingerprint density at radius 3 is 2.67 bits per heavy atom. The minimum absolute atomic E-state index is 0.0261. The van der Waals surface area contributed by atoms with Crippen LogP contribution in [-0.2, 0) is 19.9 Å². The molecule has 2 rings (SSSR count). The van der Waals surface area contributed by atoms with E-state index in [0.29, 0.717) is 12.2 Å². The molecule has 1 fully saturated rings. The molecule has 1 aliphatic heterocycles. The van der Waals surface area contributed by atoms with Crippen LogP contribution in [0.3, 0.4) is 0 Å². The number of sulfone groups is 1. The highest BCUT2D eigenvalue weighted by molar-refractivity contribution is 7.92. The quantitative estimate of drug-likeness (QED) is 0.779. The Morgan fingerprint density at radius 1 is 1.38 bits per heavy atom. The minimum atomic E-state index is -3.74. The Bertz CT molecular complexity index is 684. The summed E-state index contributed by atoms with van der Waals surface area (Å²) >= 11 is 0. The maximum absolute atomic E-state index is 12.2. The van der Waals surface area contributed by atoms with Crippen LogP contribution in [0.2, 0.25) is 0 Å². The number of nitrogens with one attached hydrogen (secondary N) is 2. The summed E-state index contributed by atoms with van der Waals surface area (Å²) in [6.07, 6.45) is 2.52. The molecule has 9 heteroatoms. The van der Waals surface area contributed by atoms with Crippen molar-refractivity contribution >= 4 is 25.7 Å². The molecule has 21 heavy (non-hydrogen) atoms. The Labute approximate surface area is 125 Å². The lowest BCUT2D eigenvalue weighted by Crippen LogP contribution is -2.35. The van der Waals surface area contributed by atoms with E-state index in [2.05, 4.69) is 15.0 Å². The first-order valence-corrected chi connectivity index (χ1v) is 10.1. The van der Waals surface area contributed by atoms with E-state index in [0.717, 1.165) is 13.0 Å². The molecule has 0 amide bonds. The van der Waals surface area contributed by atoms with Gasteiger partial charge < -0.3 is 5.32 Å². The smallest absolute Gasteiger partial charge is 0.242 e. The van der Waals surface area contributed by atoms with E-state index < -0.39 is 25.9 Å². The Morgan fingerprint density at radius 2 is 2.14 bits per heavy atom. The third-order valence-electron chi connectivity index (χ3n) is 3.16. The van der Waals surface area contributed by atoms with Gasteiger partial charge in [-0.2, -0.15) is 0 Å². The van der Waals surface area contributed by atoms with Crippen molar-refractivity contribution in [2.75, 3.05) is 23.4 Å². The van der Waals surface area contributed by atoms with Gasteiger partial charge >= 0.3 is 0 Å². The van der Waals surface area contributed by atoms with Gasteiger partial charge in [-0.05, 0) is 25.0 Å². The van der Waals surface area contributed by atoms with Crippen molar-refractivity contribution in [3.8, 4) is 0 Å². The molecule has 1 aromatic rings. The van der Waals surface area contributed by atoms with E-state index in [9.17, 15) is 16.8 Å². The van der Waals surface area contributed by atoms with E-state index in [4.69, 9.17) is 0 Å². The van der Waals surface area contributed by atoms with Gasteiger partial charge in [-0.1, -0.05) is 6.92 Å². The number of pyridine rings is 1. The molecule has 2 N–H and O–H groups in total. The summed E-state index contributed by atoms with van der Waals surface area (Å²) in [5.41, 5.74) is 0. The molecule has 0 radical (unpaired) electrons. The van der Waals surface area contributed by atoms with Crippen LogP contribution < -0.4 is 10.0 Å². The molecule has 2 heterocycles. The number of rotatable bonds is 6. The number of hydrogen-bond donors (Lipinski definition) is 2. The normalized spacial score (nSPS) is 21.3. The molecular formula is C12H19N3O4S2. The molecule has 7 nitrogen and oxygen atoms in total. The van der Waals surface area contributed by atoms with Crippen LogP contribution in [0.1, 0.15) is 19.8 Å². The van der Waals surface area contributed by atoms with Crippen LogP contribution >= 0.6 is 0 Å². The number of hydrogen-bond acceptors (Lipinski definition) is 6. The summed E-state index contributed by atoms with van der Waals surface area (Å²) in [5.74, 6) is 0.493. The van der Waals surface area contributed by atoms with Gasteiger partial charge in [0.15, 0.2) is 9.84 Å². The van der Waals surface area contributed by atoms with Gasteiger partial charge in [-0.25, -0.2) is 26.5 Å². The van der Waals surface area contributed by atoms with Gasteiger partial charge in [0, 0.05) is 18.8 Å². The van der Waals surface area contributed by atoms with Crippen molar-refractivity contribution in [1.82, 2.24) is 9.71 Å². The van der Waals surface area contributed by atoms with E-state index >= 15 is 0 Å². The molecule has 0 spiro atoms. The number of aromatic nitrogens is 1. The lowest BCUT2D eigenvalue weighted by atomic mass is 10.3. The van der Waals surface area contributed by atoms with Crippen LogP contribution in [0.15, 0.2) is 23.2 Å². The third-order valence-corrected chi connectivity index (χ3v) is 6.43. The van der Waals surface area contributed by atoms with Gasteiger partial charge in [0.2, 0.25) is 10.0 Å². The van der Waals surface area contributed by atoms with Crippen molar-refractivity contribution in [3.63, 3.8) is 0 Å². The summed E-state index contributed by atoms with van der Waals surface area (Å²) in [6, 6.07) is 2.49. The predicted octanol–water partition coefficient (Wildman–Crippen LogP) is 0.369. The van der Waals surface area contributed by atoms with Gasteiger partial charge in [-0.3, -0.25) is 0 Å². The van der Waals surface area contributed by atoms with Crippen molar-refractivity contribution in [2.45, 2.75) is 30.7 Å². The predicted molar refractivity (Wildman–Crippen MR) is 80.4 cm³/mol. The van der Waals surface area contributed by atoms with E-state index in [-0.39, 0.29) is 16.4 Å². The van der Waals surface area contributed by atoms with E-state index in [1.54, 1.807) is 6.07 Å². The second-order valence-corrected chi connectivity index (χ2v) is 8.97. The van der Waals surface area contributed by atoms with Gasteiger partial charge in [0.25, 0.3) is 0 Å². The minimum Gasteiger partial charge on any atom is -0.370 e. The summed E-state index contributed by atoms with van der Waals surface area (Å²) in [5, 5.41) is 3.05. The number of anilines is 1. The molecule has 0 aliphatic carbocycles. The van der Waals surface area contributed by atoms with Crippen molar-refractivity contribution in [1.29, 1.82) is 0 Å². The first kappa shape index (κ1) is 16.2. The van der Waals surface area contributed by atoms with Crippen LogP contribution in [0, 0.1) is 0 Å². The average Bonchev–Trinajstić information content (AvgIpc) is 2.75. The fraction of sp³-hybridized carbons (Fsp3) is 0.583. The van der Waals surface area contributed by atoms with Crippen molar-refractivity contribution < 1.29 is 16.8 Å². The van der Waals surface area contributed by atoms with E-state index in [1.165, 1.54) is 12.3 Å². The highest BCUT2D eigenvalue weighted by atomic mass is 32.2. The molecule has 0 aromatic carbocycles. The fourth-order valence-electron chi connectivity index (χ4n) is 2.07. The zero-order chi connectivity index (χ0) is 15.5. The van der Waals surface area contributed by atoms with Crippen LogP contribution in [0.25, 0.3) is 0 Å². The van der Waals surface area contributed by atoms with Crippen LogP contribution in [0.5, 0.6) is 0 Å². The maximum Gasteiger partial charge on any atom is 0.242 e. The lowest BCUT2D eigenvalue weighted by molar-refractivity contribution is 0.562. The Kier molecular flexibility index (Phi) is 4.84. The molecule has 0 saturated carbocycles. The topological polar surface area (TPSA) is 105 Å². The van der Waals surface area contributed by atoms with Crippen molar-refractivity contribution in [3.05, 3.63) is 18.3 Å². The monoisotopic (exact) mass is 333 g/mol. The molecule has 1 atom stereocenters. The lowest BCUT2D eigenvalue weighted by Gasteiger charge is -2.11. The summed E-state index contributed by atoms with van der Waals surface area (Å²) in [4.78, 5) is 4.07. The second kappa shape index (κ2) is 6.29. The number of nitrogens with zero attached hydrogens (tertiary/aromatic N) is 1. The standard InChI is InChI=1S/C12H19N3O4S2/c1-2-6-13-12-4-3-11(8-14-12)21(18,19)15-10-5-7-20(16,17)9-10/h3-4,8,10,15H,2,5-7,9H2,1H3,(H,13,14). The van der Waals surface area contributed by atoms with Crippen LogP contribution in [0.4, 0.5) is 5.82 Å². The first-order valence-electron chi connectivity index (χ1n) is 6.75. The molecular weight excluding hydrogens is 314 g/mol. The second-order valence-electron chi connectivity index (χ2n) is 5.03. The third kappa shape index (κ3) is 4.39. The highest BCUT2D eigenvalue weighted by Gasteiger charge is 2.31. The summed E-state index contributed by atoms with van der Waals surface area (Å²) in [6.45, 7) is 2.78. The highest BCUT2D eigenvalue weighted by Crippen LogP contribution is 2.16. The molecule has 1 saturated heterocycles. The van der Waals surface area contributed by atoms with Crippen molar-refractivity contribution in [2.24, 2.45) is 0 Å². The zero-order valence-electron chi connectivity index (χ0n) is 11.7. The Hall–Kier alpha value is -1.19. The fourth-order valence-corrected chi connectivity index (χ4v) is 5.07. The molecule has 1 unspecified atom stereocenters. The van der Waals surface area contributed by atoms with Gasteiger partial charge in [0.1, 0.15) is 10.7 Å². The molecule has 1 aliphatic rings. The summed E-state index contributed by atoms with van der Waals surface area (Å²) in [7, 11) is -6.86. The Balaban J connectivity index is 2.06. The van der Waals surface area contributed by atoms with Gasteiger partial charge in [-0.15, -0.1) is 0 Å². The van der Waals surface area contributed by atoms with E-state index in [1.807, 2.05) is 6.92 Å². The molecule has 1 aromatic heterocycles. The molecule has 0 bridgehead atoms. The number of sulfonamides is 1. The maximum atomic E-state index is 12.2.